The molecule has 13 heteroatoms. The van der Waals surface area contributed by atoms with Gasteiger partial charge in [-0.1, -0.05) is 11.2 Å². The van der Waals surface area contributed by atoms with Gasteiger partial charge in [-0.3, -0.25) is 9.59 Å². The number of aromatic amines is 1. The lowest BCUT2D eigenvalue weighted by atomic mass is 9.79. The minimum Gasteiger partial charge on any atom is -0.349 e. The molecule has 3 N–H and O–H groups in total. The van der Waals surface area contributed by atoms with Crippen LogP contribution in [0, 0.1) is 24.7 Å². The first-order valence-corrected chi connectivity index (χ1v) is 14.1. The molecule has 1 aromatic carbocycles. The van der Waals surface area contributed by atoms with E-state index < -0.39 is 23.8 Å². The van der Waals surface area contributed by atoms with Gasteiger partial charge in [-0.25, -0.2) is 27.2 Å². The number of carbonyl (C=O) groups is 2. The fraction of sp³-hybridized carbons (Fsp3) is 0.607. The van der Waals surface area contributed by atoms with Crippen molar-refractivity contribution in [3.05, 3.63) is 41.0 Å². The Morgan fingerprint density at radius 3 is 2.34 bits per heavy atom. The highest BCUT2D eigenvalue weighted by Gasteiger charge is 2.46. The van der Waals surface area contributed by atoms with Crippen molar-refractivity contribution >= 4 is 22.8 Å². The molecule has 0 saturated heterocycles. The van der Waals surface area contributed by atoms with Gasteiger partial charge < -0.3 is 15.6 Å². The van der Waals surface area contributed by atoms with Gasteiger partial charge >= 0.3 is 0 Å². The third-order valence-electron chi connectivity index (χ3n) is 8.63. The molecule has 9 nitrogen and oxygen atoms in total. The van der Waals surface area contributed by atoms with Gasteiger partial charge in [0.25, 0.3) is 5.91 Å². The fourth-order valence-electron chi connectivity index (χ4n) is 6.16. The van der Waals surface area contributed by atoms with Gasteiger partial charge in [0, 0.05) is 32.1 Å². The van der Waals surface area contributed by atoms with Crippen molar-refractivity contribution in [2.45, 2.75) is 88.6 Å². The monoisotopic (exact) mass is 576 g/mol. The van der Waals surface area contributed by atoms with E-state index >= 15 is 0 Å². The van der Waals surface area contributed by atoms with Gasteiger partial charge in [0.2, 0.25) is 17.8 Å². The van der Waals surface area contributed by atoms with E-state index in [4.69, 9.17) is 4.98 Å². The van der Waals surface area contributed by atoms with E-state index in [1.165, 1.54) is 0 Å². The van der Waals surface area contributed by atoms with Crippen molar-refractivity contribution in [2.75, 3.05) is 0 Å². The molecular formula is C28H32F4N6O3. The second-order valence-electron chi connectivity index (χ2n) is 12.0. The lowest BCUT2D eigenvalue weighted by Crippen LogP contribution is -2.39. The van der Waals surface area contributed by atoms with Gasteiger partial charge in [0.1, 0.15) is 11.5 Å². The molecule has 3 aliphatic rings. The number of benzene rings is 1. The molecule has 2 amide bonds. The summed E-state index contributed by atoms with van der Waals surface area (Å²) >= 11 is 0. The maximum atomic E-state index is 14.0. The third kappa shape index (κ3) is 6.08. The van der Waals surface area contributed by atoms with Crippen molar-refractivity contribution in [2.24, 2.45) is 17.8 Å². The Morgan fingerprint density at radius 2 is 1.71 bits per heavy atom. The van der Waals surface area contributed by atoms with Gasteiger partial charge in [-0.05, 0) is 73.2 Å². The van der Waals surface area contributed by atoms with Crippen molar-refractivity contribution in [3.8, 4) is 0 Å². The molecule has 220 valence electrons. The molecule has 0 radical (unpaired) electrons. The topological polar surface area (TPSA) is 126 Å². The number of halogens is 4. The van der Waals surface area contributed by atoms with Crippen molar-refractivity contribution in [3.63, 3.8) is 0 Å². The Kier molecular flexibility index (Phi) is 7.01. The van der Waals surface area contributed by atoms with Crippen LogP contribution < -0.4 is 10.6 Å². The molecule has 6 rings (SSSR count). The fourth-order valence-corrected chi connectivity index (χ4v) is 6.16. The Morgan fingerprint density at radius 1 is 1.00 bits per heavy atom. The quantitative estimate of drug-likeness (QED) is 0.287. The second kappa shape index (κ2) is 10.4. The summed E-state index contributed by atoms with van der Waals surface area (Å²) in [7, 11) is 0. The van der Waals surface area contributed by atoms with E-state index in [0.717, 1.165) is 18.4 Å². The molecule has 0 spiro atoms. The Hall–Kier alpha value is -3.51. The highest BCUT2D eigenvalue weighted by atomic mass is 19.3. The first-order chi connectivity index (χ1) is 19.5. The number of imidazole rings is 1. The molecule has 3 aromatic rings. The first-order valence-electron chi connectivity index (χ1n) is 14.1. The minimum absolute atomic E-state index is 0.0168. The summed E-state index contributed by atoms with van der Waals surface area (Å²) in [6, 6.07) is 4.67. The summed E-state index contributed by atoms with van der Waals surface area (Å²) < 4.78 is 59.0. The van der Waals surface area contributed by atoms with E-state index in [0.29, 0.717) is 22.6 Å². The number of fused-ring (bicyclic) bond motifs is 1. The van der Waals surface area contributed by atoms with Gasteiger partial charge in [-0.2, -0.15) is 0 Å². The van der Waals surface area contributed by atoms with Crippen LogP contribution in [-0.4, -0.2) is 43.9 Å². The van der Waals surface area contributed by atoms with Crippen LogP contribution in [0.15, 0.2) is 22.8 Å². The van der Waals surface area contributed by atoms with Crippen LogP contribution in [0.25, 0.3) is 11.0 Å². The molecular weight excluding hydrogens is 544 g/mol. The van der Waals surface area contributed by atoms with E-state index in [1.54, 1.807) is 6.92 Å². The van der Waals surface area contributed by atoms with E-state index in [2.05, 4.69) is 30.6 Å². The molecule has 0 unspecified atom stereocenters. The molecule has 0 aliphatic heterocycles. The number of carbonyl (C=O) groups excluding carboxylic acids is 2. The average Bonchev–Trinajstić information content (AvgIpc) is 3.50. The van der Waals surface area contributed by atoms with E-state index in [9.17, 15) is 27.2 Å². The van der Waals surface area contributed by atoms with Crippen LogP contribution in [-0.2, 0) is 4.79 Å². The van der Waals surface area contributed by atoms with Gasteiger partial charge in [0.15, 0.2) is 5.69 Å². The summed E-state index contributed by atoms with van der Waals surface area (Å²) in [5.41, 5.74) is 2.48. The lowest BCUT2D eigenvalue weighted by Gasteiger charge is -2.34. The lowest BCUT2D eigenvalue weighted by molar-refractivity contribution is -0.134. The zero-order valence-corrected chi connectivity index (χ0v) is 22.6. The van der Waals surface area contributed by atoms with Crippen LogP contribution in [0.2, 0.25) is 0 Å². The van der Waals surface area contributed by atoms with Crippen LogP contribution in [0.3, 0.4) is 0 Å². The summed E-state index contributed by atoms with van der Waals surface area (Å²) in [6.07, 6.45) is 1.34. The van der Waals surface area contributed by atoms with Crippen LogP contribution in [0.4, 0.5) is 17.6 Å². The number of nitrogens with zero attached hydrogens (tertiary/aromatic N) is 3. The van der Waals surface area contributed by atoms with Gasteiger partial charge in [0.05, 0.1) is 23.1 Å². The average molecular weight is 577 g/mol. The summed E-state index contributed by atoms with van der Waals surface area (Å²) in [5, 5.41) is 13.3. The summed E-state index contributed by atoms with van der Waals surface area (Å²) in [5.74, 6) is -6.05. The number of H-pyrrole nitrogens is 1. The predicted octanol–water partition coefficient (Wildman–Crippen LogP) is 5.55. The molecule has 3 fully saturated rings. The highest BCUT2D eigenvalue weighted by molar-refractivity contribution is 5.93. The minimum atomic E-state index is -2.73. The Bertz CT molecular complexity index is 1430. The Balaban J connectivity index is 1.23. The normalized spacial score (nSPS) is 22.2. The zero-order chi connectivity index (χ0) is 28.9. The number of alkyl halides is 4. The number of aromatic nitrogens is 4. The summed E-state index contributed by atoms with van der Waals surface area (Å²) in [4.78, 5) is 33.7. The zero-order valence-electron chi connectivity index (χ0n) is 22.6. The number of rotatable bonds is 9. The Labute approximate surface area is 233 Å². The number of amides is 2. The number of hydrogen-bond acceptors (Lipinski definition) is 6. The molecule has 3 saturated carbocycles. The molecule has 0 bridgehead atoms. The molecule has 3 aliphatic carbocycles. The van der Waals surface area contributed by atoms with E-state index in [-0.39, 0.29) is 80.3 Å². The first kappa shape index (κ1) is 27.6. The summed E-state index contributed by atoms with van der Waals surface area (Å²) in [6.45, 7) is 1.58. The SMILES string of the molecule is Cc1nonc1C(=O)N[C@H](c1nc2cc([C@@H](NC(=O)CC3CC(F)(F)C3)C3CC3)ccc2[nH]1)C1CCC(F)(F)CC1. The predicted molar refractivity (Wildman–Crippen MR) is 138 cm³/mol. The maximum absolute atomic E-state index is 14.0. The molecule has 2 aromatic heterocycles. The van der Waals surface area contributed by atoms with Gasteiger partial charge in [-0.15, -0.1) is 0 Å². The molecule has 41 heavy (non-hydrogen) atoms. The smallest absolute Gasteiger partial charge is 0.276 e. The maximum Gasteiger partial charge on any atom is 0.276 e. The van der Waals surface area contributed by atoms with E-state index in [1.807, 2.05) is 18.2 Å². The molecule has 2 heterocycles. The largest absolute Gasteiger partial charge is 0.349 e. The van der Waals surface area contributed by atoms with Crippen molar-refractivity contribution in [1.82, 2.24) is 30.9 Å². The number of hydrogen-bond donors (Lipinski definition) is 3. The highest BCUT2D eigenvalue weighted by Crippen LogP contribution is 2.45. The number of nitrogens with one attached hydrogen (secondary N) is 3. The standard InChI is InChI=1S/C28H32F4N6O3/c1-14-22(38-41-37-14)26(40)36-24(17-6-8-27(29,30)9-7-17)25-33-19-5-4-18(11-20(19)34-25)23(16-2-3-16)35-21(39)10-15-12-28(31,32)13-15/h4-5,11,15-17,23-24H,2-3,6-10,12-13H2,1H3,(H,33,34)(H,35,39)(H,36,40)/t23-,24-/m0/s1. The molecule has 2 atom stereocenters. The van der Waals surface area contributed by atoms with Crippen molar-refractivity contribution < 1.29 is 31.8 Å². The van der Waals surface area contributed by atoms with Crippen LogP contribution >= 0.6 is 0 Å². The van der Waals surface area contributed by atoms with Crippen molar-refractivity contribution in [1.29, 1.82) is 0 Å². The van der Waals surface area contributed by atoms with Crippen LogP contribution in [0.1, 0.15) is 97.4 Å². The van der Waals surface area contributed by atoms with Crippen LogP contribution in [0.5, 0.6) is 0 Å². The third-order valence-corrected chi connectivity index (χ3v) is 8.63. The number of aryl methyl sites for hydroxylation is 1. The second-order valence-corrected chi connectivity index (χ2v) is 12.0.